The number of amides is 1. The Kier molecular flexibility index (Phi) is 4.15. The molecule has 4 nitrogen and oxygen atoms in total. The van der Waals surface area contributed by atoms with Gasteiger partial charge in [0.1, 0.15) is 0 Å². The second-order valence-electron chi connectivity index (χ2n) is 4.39. The zero-order chi connectivity index (χ0) is 14.5. The van der Waals surface area contributed by atoms with Crippen LogP contribution in [0, 0.1) is 0 Å². The predicted molar refractivity (Wildman–Crippen MR) is 77.2 cm³/mol. The molecule has 2 aromatic rings. The molecule has 0 fully saturated rings. The molecule has 0 saturated heterocycles. The van der Waals surface area contributed by atoms with Crippen molar-refractivity contribution in [1.82, 2.24) is 0 Å². The largest absolute Gasteiger partial charge is 0.478 e. The number of hydrogen-bond acceptors (Lipinski definition) is 2. The molecule has 2 rings (SSSR count). The lowest BCUT2D eigenvalue weighted by molar-refractivity contribution is 0.0696. The van der Waals surface area contributed by atoms with Crippen LogP contribution < -0.4 is 5.32 Å². The fourth-order valence-electron chi connectivity index (χ4n) is 1.83. The fraction of sp³-hybridized carbons (Fsp3) is 0.125. The number of carboxylic acids is 1. The SMILES string of the molecule is CCc1ccc(C(=O)Nc2cccc(C(=O)O)c2)cc1. The van der Waals surface area contributed by atoms with Gasteiger partial charge in [-0.2, -0.15) is 0 Å². The maximum Gasteiger partial charge on any atom is 0.335 e. The molecular formula is C16H15NO3. The van der Waals surface area contributed by atoms with Gasteiger partial charge in [-0.1, -0.05) is 25.1 Å². The molecule has 0 aliphatic carbocycles. The number of nitrogens with one attached hydrogen (secondary N) is 1. The van der Waals surface area contributed by atoms with Gasteiger partial charge in [-0.3, -0.25) is 4.79 Å². The van der Waals surface area contributed by atoms with E-state index in [1.54, 1.807) is 24.3 Å². The number of benzene rings is 2. The van der Waals surface area contributed by atoms with Crippen molar-refractivity contribution < 1.29 is 14.7 Å². The molecule has 2 aromatic carbocycles. The summed E-state index contributed by atoms with van der Waals surface area (Å²) in [6.45, 7) is 2.05. The van der Waals surface area contributed by atoms with Gasteiger partial charge in [0.2, 0.25) is 0 Å². The van der Waals surface area contributed by atoms with Gasteiger partial charge >= 0.3 is 5.97 Å². The zero-order valence-corrected chi connectivity index (χ0v) is 11.1. The molecule has 0 aromatic heterocycles. The molecular weight excluding hydrogens is 254 g/mol. The third kappa shape index (κ3) is 3.23. The molecule has 0 aliphatic rings. The lowest BCUT2D eigenvalue weighted by Crippen LogP contribution is -2.12. The van der Waals surface area contributed by atoms with Gasteiger partial charge in [-0.05, 0) is 42.3 Å². The van der Waals surface area contributed by atoms with Crippen molar-refractivity contribution in [2.24, 2.45) is 0 Å². The molecule has 0 heterocycles. The first-order valence-electron chi connectivity index (χ1n) is 6.34. The van der Waals surface area contributed by atoms with Gasteiger partial charge in [-0.15, -0.1) is 0 Å². The van der Waals surface area contributed by atoms with Crippen molar-refractivity contribution in [3.05, 3.63) is 65.2 Å². The number of anilines is 1. The quantitative estimate of drug-likeness (QED) is 0.895. The molecule has 4 heteroatoms. The maximum absolute atomic E-state index is 12.0. The molecule has 102 valence electrons. The summed E-state index contributed by atoms with van der Waals surface area (Å²) < 4.78 is 0. The minimum Gasteiger partial charge on any atom is -0.478 e. The normalized spacial score (nSPS) is 10.1. The Morgan fingerprint density at radius 2 is 1.75 bits per heavy atom. The topological polar surface area (TPSA) is 66.4 Å². The summed E-state index contributed by atoms with van der Waals surface area (Å²) in [5.74, 6) is -1.27. The summed E-state index contributed by atoms with van der Waals surface area (Å²) in [5, 5.41) is 11.6. The molecule has 0 saturated carbocycles. The Morgan fingerprint density at radius 3 is 2.35 bits per heavy atom. The van der Waals surface area contributed by atoms with Gasteiger partial charge < -0.3 is 10.4 Å². The average Bonchev–Trinajstić information content (AvgIpc) is 2.47. The highest BCUT2D eigenvalue weighted by Gasteiger charge is 2.08. The first-order chi connectivity index (χ1) is 9.60. The zero-order valence-electron chi connectivity index (χ0n) is 11.1. The molecule has 0 unspecified atom stereocenters. The summed E-state index contributed by atoms with van der Waals surface area (Å²) in [5.41, 5.74) is 2.32. The molecule has 2 N–H and O–H groups in total. The molecule has 0 bridgehead atoms. The van der Waals surface area contributed by atoms with Crippen LogP contribution in [-0.4, -0.2) is 17.0 Å². The molecule has 1 amide bonds. The van der Waals surface area contributed by atoms with E-state index in [4.69, 9.17) is 5.11 Å². The van der Waals surface area contributed by atoms with Crippen LogP contribution in [0.5, 0.6) is 0 Å². The van der Waals surface area contributed by atoms with Crippen LogP contribution in [0.2, 0.25) is 0 Å². The second kappa shape index (κ2) is 6.02. The van der Waals surface area contributed by atoms with E-state index in [1.165, 1.54) is 12.1 Å². The summed E-state index contributed by atoms with van der Waals surface area (Å²) in [6.07, 6.45) is 0.919. The summed E-state index contributed by atoms with van der Waals surface area (Å²) in [6, 6.07) is 13.5. The van der Waals surface area contributed by atoms with Gasteiger partial charge in [-0.25, -0.2) is 4.79 Å². The number of aromatic carboxylic acids is 1. The van der Waals surface area contributed by atoms with Crippen LogP contribution in [0.1, 0.15) is 33.2 Å². The molecule has 0 spiro atoms. The molecule has 0 atom stereocenters. The summed E-state index contributed by atoms with van der Waals surface area (Å²) in [4.78, 5) is 22.9. The second-order valence-corrected chi connectivity index (χ2v) is 4.39. The van der Waals surface area contributed by atoms with Gasteiger partial charge in [0.15, 0.2) is 0 Å². The van der Waals surface area contributed by atoms with E-state index in [1.807, 2.05) is 19.1 Å². The number of hydrogen-bond donors (Lipinski definition) is 2. The standard InChI is InChI=1S/C16H15NO3/c1-2-11-6-8-12(9-7-11)15(18)17-14-5-3-4-13(10-14)16(19)20/h3-10H,2H2,1H3,(H,17,18)(H,19,20). The Labute approximate surface area is 117 Å². The van der Waals surface area contributed by atoms with E-state index in [0.717, 1.165) is 12.0 Å². The van der Waals surface area contributed by atoms with Crippen molar-refractivity contribution in [2.75, 3.05) is 5.32 Å². The summed E-state index contributed by atoms with van der Waals surface area (Å²) >= 11 is 0. The van der Waals surface area contributed by atoms with Crippen LogP contribution in [0.3, 0.4) is 0 Å². The van der Waals surface area contributed by atoms with Crippen LogP contribution in [-0.2, 0) is 6.42 Å². The van der Waals surface area contributed by atoms with E-state index in [-0.39, 0.29) is 11.5 Å². The molecule has 20 heavy (non-hydrogen) atoms. The number of aryl methyl sites for hydroxylation is 1. The number of rotatable bonds is 4. The van der Waals surface area contributed by atoms with Gasteiger partial charge in [0, 0.05) is 11.3 Å². The molecule has 0 aliphatic heterocycles. The van der Waals surface area contributed by atoms with Gasteiger partial charge in [0.05, 0.1) is 5.56 Å². The van der Waals surface area contributed by atoms with Gasteiger partial charge in [0.25, 0.3) is 5.91 Å². The highest BCUT2D eigenvalue weighted by molar-refractivity contribution is 6.04. The smallest absolute Gasteiger partial charge is 0.335 e. The Hall–Kier alpha value is -2.62. The first kappa shape index (κ1) is 13.8. The van der Waals surface area contributed by atoms with Crippen molar-refractivity contribution in [3.63, 3.8) is 0 Å². The van der Waals surface area contributed by atoms with E-state index in [2.05, 4.69) is 5.32 Å². The minimum atomic E-state index is -1.02. The number of carboxylic acid groups (broad SMARTS) is 1. The van der Waals surface area contributed by atoms with E-state index >= 15 is 0 Å². The maximum atomic E-state index is 12.0. The Balaban J connectivity index is 2.14. The van der Waals surface area contributed by atoms with Crippen LogP contribution in [0.15, 0.2) is 48.5 Å². The van der Waals surface area contributed by atoms with Crippen LogP contribution in [0.4, 0.5) is 5.69 Å². The molecule has 0 radical (unpaired) electrons. The highest BCUT2D eigenvalue weighted by Crippen LogP contribution is 2.13. The lowest BCUT2D eigenvalue weighted by atomic mass is 10.1. The number of carbonyl (C=O) groups is 2. The highest BCUT2D eigenvalue weighted by atomic mass is 16.4. The van der Waals surface area contributed by atoms with Crippen molar-refractivity contribution in [1.29, 1.82) is 0 Å². The predicted octanol–water partition coefficient (Wildman–Crippen LogP) is 3.20. The average molecular weight is 269 g/mol. The minimum absolute atomic E-state index is 0.143. The Bertz CT molecular complexity index is 632. The lowest BCUT2D eigenvalue weighted by Gasteiger charge is -2.06. The van der Waals surface area contributed by atoms with Crippen molar-refractivity contribution >= 4 is 17.6 Å². The van der Waals surface area contributed by atoms with E-state index in [0.29, 0.717) is 11.3 Å². The fourth-order valence-corrected chi connectivity index (χ4v) is 1.83. The summed E-state index contributed by atoms with van der Waals surface area (Å²) in [7, 11) is 0. The van der Waals surface area contributed by atoms with E-state index in [9.17, 15) is 9.59 Å². The third-order valence-corrected chi connectivity index (χ3v) is 2.99. The third-order valence-electron chi connectivity index (χ3n) is 2.99. The van der Waals surface area contributed by atoms with Crippen LogP contribution in [0.25, 0.3) is 0 Å². The van der Waals surface area contributed by atoms with Crippen molar-refractivity contribution in [3.8, 4) is 0 Å². The van der Waals surface area contributed by atoms with E-state index < -0.39 is 5.97 Å². The monoisotopic (exact) mass is 269 g/mol. The first-order valence-corrected chi connectivity index (χ1v) is 6.34. The van der Waals surface area contributed by atoms with Crippen molar-refractivity contribution in [2.45, 2.75) is 13.3 Å². The number of carbonyl (C=O) groups excluding carboxylic acids is 1. The Morgan fingerprint density at radius 1 is 1.05 bits per heavy atom. The van der Waals surface area contributed by atoms with Crippen LogP contribution >= 0.6 is 0 Å².